The molecule has 0 amide bonds. The number of fused-ring (bicyclic) bond motifs is 1. The van der Waals surface area contributed by atoms with Gasteiger partial charge in [0.05, 0.1) is 5.02 Å². The van der Waals surface area contributed by atoms with Crippen LogP contribution in [0.25, 0.3) is 10.9 Å². The monoisotopic (exact) mass is 305 g/mol. The highest BCUT2D eigenvalue weighted by molar-refractivity contribution is 14.1. The van der Waals surface area contributed by atoms with Crippen LogP contribution < -0.4 is 5.56 Å². The number of rotatable bonds is 0. The lowest BCUT2D eigenvalue weighted by Crippen LogP contribution is -2.03. The van der Waals surface area contributed by atoms with Gasteiger partial charge in [-0.2, -0.15) is 0 Å². The van der Waals surface area contributed by atoms with E-state index in [1.807, 2.05) is 18.2 Å². The number of H-pyrrole nitrogens is 1. The smallest absolute Gasteiger partial charge is 0.249 e. The van der Waals surface area contributed by atoms with Crippen LogP contribution in [0, 0.1) is 3.57 Å². The molecule has 0 atom stereocenters. The van der Waals surface area contributed by atoms with Crippen molar-refractivity contribution in [3.8, 4) is 0 Å². The molecule has 4 heteroatoms. The molecule has 1 heterocycles. The van der Waals surface area contributed by atoms with Crippen LogP contribution in [-0.2, 0) is 0 Å². The van der Waals surface area contributed by atoms with Crippen molar-refractivity contribution in [3.63, 3.8) is 0 Å². The van der Waals surface area contributed by atoms with Crippen LogP contribution in [0.15, 0.2) is 29.1 Å². The van der Waals surface area contributed by atoms with E-state index in [-0.39, 0.29) is 5.56 Å². The number of benzene rings is 1. The largest absolute Gasteiger partial charge is 0.322 e. The van der Waals surface area contributed by atoms with E-state index >= 15 is 0 Å². The van der Waals surface area contributed by atoms with Crippen molar-refractivity contribution in [1.29, 1.82) is 0 Å². The highest BCUT2D eigenvalue weighted by atomic mass is 127. The zero-order valence-electron chi connectivity index (χ0n) is 6.47. The molecule has 1 aromatic carbocycles. The molecule has 2 aromatic rings. The van der Waals surface area contributed by atoms with E-state index in [2.05, 4.69) is 27.6 Å². The maximum Gasteiger partial charge on any atom is 0.249 e. The molecule has 0 saturated carbocycles. The standard InChI is InChI=1S/C9H5ClINO/c10-7-4-9(13)12-8-2-1-5(11)3-6(7)8/h1-4H,(H,12,13). The minimum Gasteiger partial charge on any atom is -0.322 e. The van der Waals surface area contributed by atoms with Gasteiger partial charge in [0.1, 0.15) is 0 Å². The van der Waals surface area contributed by atoms with Crippen LogP contribution in [0.1, 0.15) is 0 Å². The van der Waals surface area contributed by atoms with Crippen molar-refractivity contribution < 1.29 is 0 Å². The molecular formula is C9H5ClINO. The van der Waals surface area contributed by atoms with Gasteiger partial charge in [-0.05, 0) is 40.8 Å². The number of hydrogen-bond acceptors (Lipinski definition) is 1. The molecule has 0 aliphatic rings. The number of nitrogens with one attached hydrogen (secondary N) is 1. The van der Waals surface area contributed by atoms with Gasteiger partial charge in [-0.25, -0.2) is 0 Å². The second-order valence-electron chi connectivity index (χ2n) is 2.67. The summed E-state index contributed by atoms with van der Waals surface area (Å²) in [7, 11) is 0. The van der Waals surface area contributed by atoms with Crippen molar-refractivity contribution in [2.75, 3.05) is 0 Å². The van der Waals surface area contributed by atoms with Crippen LogP contribution in [0.4, 0.5) is 0 Å². The van der Waals surface area contributed by atoms with Gasteiger partial charge in [-0.1, -0.05) is 11.6 Å². The number of aromatic nitrogens is 1. The molecule has 0 radical (unpaired) electrons. The average Bonchev–Trinajstić information content (AvgIpc) is 2.06. The maximum absolute atomic E-state index is 11.0. The Morgan fingerprint density at radius 2 is 2.08 bits per heavy atom. The Bertz CT molecular complexity index is 520. The molecule has 0 spiro atoms. The molecule has 2 nitrogen and oxygen atoms in total. The summed E-state index contributed by atoms with van der Waals surface area (Å²) in [5.41, 5.74) is 0.608. The Balaban J connectivity index is 2.95. The third kappa shape index (κ3) is 1.71. The van der Waals surface area contributed by atoms with Crippen molar-refractivity contribution in [2.24, 2.45) is 0 Å². The summed E-state index contributed by atoms with van der Waals surface area (Å²) in [6.07, 6.45) is 0. The van der Waals surface area contributed by atoms with Crippen LogP contribution >= 0.6 is 34.2 Å². The van der Waals surface area contributed by atoms with Crippen LogP contribution in [0.2, 0.25) is 5.02 Å². The molecule has 0 fully saturated rings. The minimum absolute atomic E-state index is 0.168. The van der Waals surface area contributed by atoms with E-state index in [4.69, 9.17) is 11.6 Å². The first kappa shape index (κ1) is 9.02. The Labute approximate surface area is 93.1 Å². The summed E-state index contributed by atoms with van der Waals surface area (Å²) in [6, 6.07) is 7.10. The van der Waals surface area contributed by atoms with Crippen LogP contribution in [0.3, 0.4) is 0 Å². The van der Waals surface area contributed by atoms with E-state index in [9.17, 15) is 4.79 Å². The summed E-state index contributed by atoms with van der Waals surface area (Å²) in [6.45, 7) is 0. The lowest BCUT2D eigenvalue weighted by Gasteiger charge is -1.99. The fourth-order valence-corrected chi connectivity index (χ4v) is 1.93. The highest BCUT2D eigenvalue weighted by Gasteiger charge is 2.00. The molecule has 0 aliphatic carbocycles. The van der Waals surface area contributed by atoms with E-state index in [0.29, 0.717) is 5.02 Å². The number of pyridine rings is 1. The molecule has 0 saturated heterocycles. The lowest BCUT2D eigenvalue weighted by molar-refractivity contribution is 1.31. The van der Waals surface area contributed by atoms with Gasteiger partial charge in [0, 0.05) is 20.5 Å². The molecule has 1 aromatic heterocycles. The topological polar surface area (TPSA) is 32.9 Å². The van der Waals surface area contributed by atoms with Crippen molar-refractivity contribution in [2.45, 2.75) is 0 Å². The predicted octanol–water partition coefficient (Wildman–Crippen LogP) is 2.79. The van der Waals surface area contributed by atoms with E-state index in [1.165, 1.54) is 6.07 Å². The van der Waals surface area contributed by atoms with Gasteiger partial charge in [0.15, 0.2) is 0 Å². The fraction of sp³-hybridized carbons (Fsp3) is 0. The Kier molecular flexibility index (Phi) is 2.29. The first-order valence-corrected chi connectivity index (χ1v) is 5.10. The van der Waals surface area contributed by atoms with Gasteiger partial charge in [0.2, 0.25) is 5.56 Å². The Hall–Kier alpha value is -0.550. The van der Waals surface area contributed by atoms with Gasteiger partial charge in [-0.3, -0.25) is 4.79 Å². The van der Waals surface area contributed by atoms with Gasteiger partial charge in [-0.15, -0.1) is 0 Å². The molecule has 2 rings (SSSR count). The predicted molar refractivity (Wildman–Crippen MR) is 62.3 cm³/mol. The third-order valence-corrected chi connectivity index (χ3v) is 2.74. The molecule has 0 unspecified atom stereocenters. The summed E-state index contributed by atoms with van der Waals surface area (Å²) in [5.74, 6) is 0. The number of halogens is 2. The maximum atomic E-state index is 11.0. The quantitative estimate of drug-likeness (QED) is 0.746. The Morgan fingerprint density at radius 3 is 2.85 bits per heavy atom. The van der Waals surface area contributed by atoms with Crippen LogP contribution in [0.5, 0.6) is 0 Å². The molecule has 1 N–H and O–H groups in total. The zero-order valence-corrected chi connectivity index (χ0v) is 9.39. The summed E-state index contributed by atoms with van der Waals surface area (Å²) >= 11 is 8.11. The van der Waals surface area contributed by atoms with Crippen molar-refractivity contribution >= 4 is 45.1 Å². The van der Waals surface area contributed by atoms with Gasteiger partial charge in [0.25, 0.3) is 0 Å². The first-order valence-electron chi connectivity index (χ1n) is 3.65. The average molecular weight is 306 g/mol. The molecule has 0 aliphatic heterocycles. The van der Waals surface area contributed by atoms with Crippen molar-refractivity contribution in [1.82, 2.24) is 4.98 Å². The normalized spacial score (nSPS) is 10.6. The van der Waals surface area contributed by atoms with Crippen molar-refractivity contribution in [3.05, 3.63) is 43.2 Å². The highest BCUT2D eigenvalue weighted by Crippen LogP contribution is 2.21. The number of aromatic amines is 1. The molecular weight excluding hydrogens is 300 g/mol. The van der Waals surface area contributed by atoms with E-state index in [1.54, 1.807) is 0 Å². The summed E-state index contributed by atoms with van der Waals surface area (Å²) in [5, 5.41) is 1.38. The molecule has 66 valence electrons. The number of hydrogen-bond donors (Lipinski definition) is 1. The second kappa shape index (κ2) is 3.31. The first-order chi connectivity index (χ1) is 6.16. The lowest BCUT2D eigenvalue weighted by atomic mass is 10.2. The SMILES string of the molecule is O=c1cc(Cl)c2cc(I)ccc2[nH]1. The summed E-state index contributed by atoms with van der Waals surface area (Å²) in [4.78, 5) is 13.8. The fourth-order valence-electron chi connectivity index (χ4n) is 1.18. The van der Waals surface area contributed by atoms with Gasteiger partial charge >= 0.3 is 0 Å². The second-order valence-corrected chi connectivity index (χ2v) is 4.32. The van der Waals surface area contributed by atoms with E-state index in [0.717, 1.165) is 14.5 Å². The zero-order chi connectivity index (χ0) is 9.42. The van der Waals surface area contributed by atoms with E-state index < -0.39 is 0 Å². The van der Waals surface area contributed by atoms with Gasteiger partial charge < -0.3 is 4.98 Å². The Morgan fingerprint density at radius 1 is 1.31 bits per heavy atom. The molecule has 13 heavy (non-hydrogen) atoms. The third-order valence-electron chi connectivity index (χ3n) is 1.75. The minimum atomic E-state index is -0.168. The van der Waals surface area contributed by atoms with Crippen LogP contribution in [-0.4, -0.2) is 4.98 Å². The molecule has 0 bridgehead atoms. The summed E-state index contributed by atoms with van der Waals surface area (Å²) < 4.78 is 1.10.